The Morgan fingerprint density at radius 1 is 0.941 bits per heavy atom. The van der Waals surface area contributed by atoms with E-state index in [0.717, 1.165) is 53.3 Å². The van der Waals surface area contributed by atoms with Crippen molar-refractivity contribution in [3.63, 3.8) is 0 Å². The summed E-state index contributed by atoms with van der Waals surface area (Å²) in [7, 11) is 1.68. The molecule has 4 nitrogen and oxygen atoms in total. The van der Waals surface area contributed by atoms with E-state index in [9.17, 15) is 4.79 Å². The highest BCUT2D eigenvalue weighted by atomic mass is 16.5. The molecule has 4 heteroatoms. The first-order chi connectivity index (χ1) is 16.4. The van der Waals surface area contributed by atoms with Gasteiger partial charge in [0.2, 0.25) is 0 Å². The third-order valence-electron chi connectivity index (χ3n) is 6.92. The SMILES string of the molecule is COc1ccc([C@H]2C3=C(CC(C)(C)CC3=O)Nc3ccccc3N2CCc2ccccc2)cc1. The largest absolute Gasteiger partial charge is 0.497 e. The van der Waals surface area contributed by atoms with Gasteiger partial charge in [-0.05, 0) is 53.6 Å². The number of carbonyl (C=O) groups is 1. The average molecular weight is 453 g/mol. The number of hydrogen-bond donors (Lipinski definition) is 1. The fourth-order valence-electron chi connectivity index (χ4n) is 5.33. The van der Waals surface area contributed by atoms with E-state index in [1.54, 1.807) is 7.11 Å². The molecule has 0 amide bonds. The normalized spacial score (nSPS) is 19.1. The first-order valence-corrected chi connectivity index (χ1v) is 12.0. The lowest BCUT2D eigenvalue weighted by Crippen LogP contribution is -2.37. The monoisotopic (exact) mass is 452 g/mol. The van der Waals surface area contributed by atoms with Crippen LogP contribution in [0.2, 0.25) is 0 Å². The van der Waals surface area contributed by atoms with Crippen LogP contribution in [0.1, 0.15) is 43.9 Å². The Labute approximate surface area is 202 Å². The molecule has 0 radical (unpaired) electrons. The molecule has 0 fully saturated rings. The van der Waals surface area contributed by atoms with Crippen molar-refractivity contribution in [1.82, 2.24) is 0 Å². The highest BCUT2D eigenvalue weighted by Crippen LogP contribution is 2.48. The Balaban J connectivity index is 1.66. The summed E-state index contributed by atoms with van der Waals surface area (Å²) in [5, 5.41) is 3.69. The van der Waals surface area contributed by atoms with Crippen LogP contribution in [-0.4, -0.2) is 19.4 Å². The van der Waals surface area contributed by atoms with Crippen molar-refractivity contribution in [2.45, 2.75) is 39.2 Å². The maximum Gasteiger partial charge on any atom is 0.163 e. The summed E-state index contributed by atoms with van der Waals surface area (Å²) in [6.07, 6.45) is 2.30. The summed E-state index contributed by atoms with van der Waals surface area (Å²) in [5.41, 5.74) is 6.46. The average Bonchev–Trinajstić information content (AvgIpc) is 2.97. The van der Waals surface area contributed by atoms with Gasteiger partial charge in [-0.3, -0.25) is 4.79 Å². The third kappa shape index (κ3) is 4.33. The van der Waals surface area contributed by atoms with Crippen LogP contribution in [-0.2, 0) is 11.2 Å². The number of para-hydroxylation sites is 2. The molecule has 0 unspecified atom stereocenters. The molecule has 1 N–H and O–H groups in total. The fourth-order valence-corrected chi connectivity index (χ4v) is 5.33. The van der Waals surface area contributed by atoms with E-state index in [0.29, 0.717) is 6.42 Å². The van der Waals surface area contributed by atoms with E-state index in [1.165, 1.54) is 5.56 Å². The van der Waals surface area contributed by atoms with Gasteiger partial charge in [0.15, 0.2) is 5.78 Å². The second kappa shape index (κ2) is 9.02. The number of ketones is 1. The Hall–Kier alpha value is -3.53. The minimum Gasteiger partial charge on any atom is -0.497 e. The second-order valence-electron chi connectivity index (χ2n) is 10.1. The first-order valence-electron chi connectivity index (χ1n) is 12.0. The van der Waals surface area contributed by atoms with Crippen LogP contribution < -0.4 is 15.0 Å². The Kier molecular flexibility index (Phi) is 5.91. The maximum atomic E-state index is 13.7. The van der Waals surface area contributed by atoms with Crippen LogP contribution >= 0.6 is 0 Å². The lowest BCUT2D eigenvalue weighted by atomic mass is 9.73. The molecule has 174 valence electrons. The number of nitrogens with zero attached hydrogens (tertiary/aromatic N) is 1. The van der Waals surface area contributed by atoms with E-state index in [1.807, 2.05) is 18.2 Å². The molecule has 1 aliphatic carbocycles. The minimum atomic E-state index is -0.163. The van der Waals surface area contributed by atoms with Gasteiger partial charge in [-0.25, -0.2) is 0 Å². The smallest absolute Gasteiger partial charge is 0.163 e. The number of hydrogen-bond acceptors (Lipinski definition) is 4. The molecule has 3 aromatic rings. The van der Waals surface area contributed by atoms with Gasteiger partial charge in [0.25, 0.3) is 0 Å². The molecule has 0 bridgehead atoms. The van der Waals surface area contributed by atoms with Gasteiger partial charge in [0, 0.05) is 24.2 Å². The molecule has 5 rings (SSSR count). The molecule has 2 aliphatic rings. The number of ether oxygens (including phenoxy) is 1. The zero-order valence-electron chi connectivity index (χ0n) is 20.2. The number of carbonyl (C=O) groups excluding carboxylic acids is 1. The molecule has 1 atom stereocenters. The number of rotatable bonds is 5. The van der Waals surface area contributed by atoms with Crippen molar-refractivity contribution in [2.75, 3.05) is 23.9 Å². The van der Waals surface area contributed by atoms with Crippen LogP contribution in [0, 0.1) is 5.41 Å². The van der Waals surface area contributed by atoms with Gasteiger partial charge in [-0.15, -0.1) is 0 Å². The quantitative estimate of drug-likeness (QED) is 0.476. The van der Waals surface area contributed by atoms with Crippen molar-refractivity contribution >= 4 is 17.2 Å². The highest BCUT2D eigenvalue weighted by Gasteiger charge is 2.41. The van der Waals surface area contributed by atoms with Gasteiger partial charge in [-0.1, -0.05) is 68.4 Å². The summed E-state index contributed by atoms with van der Waals surface area (Å²) in [4.78, 5) is 16.1. The summed E-state index contributed by atoms with van der Waals surface area (Å²) in [6.45, 7) is 5.16. The topological polar surface area (TPSA) is 41.6 Å². The van der Waals surface area contributed by atoms with Crippen LogP contribution in [0.15, 0.2) is 90.1 Å². The Bertz CT molecular complexity index is 1210. The molecule has 0 saturated carbocycles. The summed E-state index contributed by atoms with van der Waals surface area (Å²) >= 11 is 0. The lowest BCUT2D eigenvalue weighted by molar-refractivity contribution is -0.118. The van der Waals surface area contributed by atoms with E-state index >= 15 is 0 Å². The number of allylic oxidation sites excluding steroid dienone is 1. The second-order valence-corrected chi connectivity index (χ2v) is 10.1. The van der Waals surface area contributed by atoms with Gasteiger partial charge in [0.05, 0.1) is 24.5 Å². The standard InChI is InChI=1S/C30H32N2O2/c1-30(2)19-25-28(27(33)20-30)29(22-13-15-23(34-3)16-14-22)32(18-17-21-9-5-4-6-10-21)26-12-8-7-11-24(26)31-25/h4-16,29,31H,17-20H2,1-3H3/t29-/m0/s1. The van der Waals surface area contributed by atoms with Gasteiger partial charge in [-0.2, -0.15) is 0 Å². The maximum absolute atomic E-state index is 13.7. The molecular weight excluding hydrogens is 420 g/mol. The first kappa shape index (κ1) is 22.3. The van der Waals surface area contributed by atoms with Crippen LogP contribution in [0.3, 0.4) is 0 Å². The zero-order chi connectivity index (χ0) is 23.7. The van der Waals surface area contributed by atoms with Crippen LogP contribution in [0.4, 0.5) is 11.4 Å². The van der Waals surface area contributed by atoms with Crippen molar-refractivity contribution < 1.29 is 9.53 Å². The van der Waals surface area contributed by atoms with Gasteiger partial charge in [0.1, 0.15) is 5.75 Å². The highest BCUT2D eigenvalue weighted by molar-refractivity contribution is 6.01. The van der Waals surface area contributed by atoms with Gasteiger partial charge >= 0.3 is 0 Å². The van der Waals surface area contributed by atoms with E-state index in [-0.39, 0.29) is 17.2 Å². The number of anilines is 2. The molecule has 1 aliphatic heterocycles. The number of nitrogens with one attached hydrogen (secondary N) is 1. The molecule has 1 heterocycles. The minimum absolute atomic E-state index is 0.0679. The van der Waals surface area contributed by atoms with Crippen molar-refractivity contribution in [3.8, 4) is 5.75 Å². The van der Waals surface area contributed by atoms with Crippen LogP contribution in [0.5, 0.6) is 5.75 Å². The lowest BCUT2D eigenvalue weighted by Gasteiger charge is -2.38. The van der Waals surface area contributed by atoms with Crippen molar-refractivity contribution in [1.29, 1.82) is 0 Å². The Morgan fingerprint density at radius 2 is 1.65 bits per heavy atom. The molecule has 0 spiro atoms. The predicted molar refractivity (Wildman–Crippen MR) is 138 cm³/mol. The molecule has 0 saturated heterocycles. The number of methoxy groups -OCH3 is 1. The number of Topliss-reactive ketones (excluding diaryl/α,β-unsaturated/α-hetero) is 1. The molecule has 0 aromatic heterocycles. The Morgan fingerprint density at radius 3 is 2.38 bits per heavy atom. The molecule has 3 aromatic carbocycles. The summed E-state index contributed by atoms with van der Waals surface area (Å²) < 4.78 is 5.42. The zero-order valence-corrected chi connectivity index (χ0v) is 20.2. The number of fused-ring (bicyclic) bond motifs is 1. The predicted octanol–water partition coefficient (Wildman–Crippen LogP) is 6.55. The van der Waals surface area contributed by atoms with E-state index in [2.05, 4.69) is 84.7 Å². The van der Waals surface area contributed by atoms with E-state index in [4.69, 9.17) is 4.74 Å². The van der Waals surface area contributed by atoms with Crippen molar-refractivity contribution in [2.24, 2.45) is 5.41 Å². The molecule has 34 heavy (non-hydrogen) atoms. The van der Waals surface area contributed by atoms with Crippen molar-refractivity contribution in [3.05, 3.63) is 101 Å². The van der Waals surface area contributed by atoms with Gasteiger partial charge < -0.3 is 15.0 Å². The summed E-state index contributed by atoms with van der Waals surface area (Å²) in [5.74, 6) is 1.05. The third-order valence-corrected chi connectivity index (χ3v) is 6.92. The number of benzene rings is 3. The fraction of sp³-hybridized carbons (Fsp3) is 0.300. The summed E-state index contributed by atoms with van der Waals surface area (Å²) in [6, 6.07) is 27.0. The van der Waals surface area contributed by atoms with E-state index < -0.39 is 0 Å². The molecular formula is C30H32N2O2. The van der Waals surface area contributed by atoms with Crippen LogP contribution in [0.25, 0.3) is 0 Å².